The Labute approximate surface area is 135 Å². The first-order valence-corrected chi connectivity index (χ1v) is 7.85. The highest BCUT2D eigenvalue weighted by molar-refractivity contribution is 5.79. The topological polar surface area (TPSA) is 29.5 Å². The summed E-state index contributed by atoms with van der Waals surface area (Å²) in [5.41, 5.74) is 1.98. The number of ether oxygens (including phenoxy) is 1. The van der Waals surface area contributed by atoms with Crippen molar-refractivity contribution in [2.75, 3.05) is 13.7 Å². The number of hydrogen-bond donors (Lipinski definition) is 0. The lowest BCUT2D eigenvalue weighted by molar-refractivity contribution is -0.131. The lowest BCUT2D eigenvalue weighted by Crippen LogP contribution is -2.31. The first-order chi connectivity index (χ1) is 11.2. The molecule has 0 aliphatic carbocycles. The van der Waals surface area contributed by atoms with Gasteiger partial charge in [-0.05, 0) is 48.2 Å². The average Bonchev–Trinajstić information content (AvgIpc) is 3.06. The summed E-state index contributed by atoms with van der Waals surface area (Å²) in [7, 11) is 1.62. The second-order valence-corrected chi connectivity index (χ2v) is 5.82. The van der Waals surface area contributed by atoms with E-state index in [0.29, 0.717) is 6.42 Å². The molecule has 0 unspecified atom stereocenters. The van der Waals surface area contributed by atoms with Crippen LogP contribution < -0.4 is 4.74 Å². The van der Waals surface area contributed by atoms with Crippen LogP contribution in [0.3, 0.4) is 0 Å². The van der Waals surface area contributed by atoms with Gasteiger partial charge in [0.2, 0.25) is 5.91 Å². The molecule has 0 aromatic heterocycles. The van der Waals surface area contributed by atoms with E-state index in [9.17, 15) is 9.18 Å². The molecule has 1 fully saturated rings. The van der Waals surface area contributed by atoms with Gasteiger partial charge in [-0.25, -0.2) is 4.39 Å². The number of hydrogen-bond acceptors (Lipinski definition) is 2. The van der Waals surface area contributed by atoms with Gasteiger partial charge in [-0.1, -0.05) is 24.3 Å². The van der Waals surface area contributed by atoms with Crippen LogP contribution in [-0.4, -0.2) is 24.5 Å². The summed E-state index contributed by atoms with van der Waals surface area (Å²) in [4.78, 5) is 14.6. The summed E-state index contributed by atoms with van der Waals surface area (Å²) in [6, 6.07) is 14.1. The Morgan fingerprint density at radius 2 is 1.87 bits per heavy atom. The highest BCUT2D eigenvalue weighted by atomic mass is 19.1. The molecule has 3 nitrogen and oxygen atoms in total. The van der Waals surface area contributed by atoms with Crippen LogP contribution in [0.4, 0.5) is 4.39 Å². The largest absolute Gasteiger partial charge is 0.497 e. The molecule has 0 saturated carbocycles. The van der Waals surface area contributed by atoms with Crippen molar-refractivity contribution in [3.05, 3.63) is 65.5 Å². The molecule has 1 aliphatic heterocycles. The van der Waals surface area contributed by atoms with Gasteiger partial charge in [0.15, 0.2) is 0 Å². The molecule has 0 radical (unpaired) electrons. The molecule has 4 heteroatoms. The molecule has 1 saturated heterocycles. The fraction of sp³-hybridized carbons (Fsp3) is 0.316. The van der Waals surface area contributed by atoms with E-state index in [-0.39, 0.29) is 17.8 Å². The first-order valence-electron chi connectivity index (χ1n) is 7.85. The summed E-state index contributed by atoms with van der Waals surface area (Å²) in [5.74, 6) is 0.649. The van der Waals surface area contributed by atoms with Gasteiger partial charge in [-0.15, -0.1) is 0 Å². The van der Waals surface area contributed by atoms with Crippen LogP contribution in [0.25, 0.3) is 0 Å². The molecule has 0 N–H and O–H groups in total. The number of rotatable bonds is 4. The Balaban J connectivity index is 1.71. The third-order valence-electron chi connectivity index (χ3n) is 4.34. The molecule has 2 aromatic rings. The number of benzene rings is 2. The van der Waals surface area contributed by atoms with E-state index < -0.39 is 0 Å². The van der Waals surface area contributed by atoms with Crippen LogP contribution in [0, 0.1) is 5.82 Å². The van der Waals surface area contributed by atoms with Crippen LogP contribution >= 0.6 is 0 Å². The van der Waals surface area contributed by atoms with Gasteiger partial charge in [0.1, 0.15) is 11.6 Å². The van der Waals surface area contributed by atoms with Crippen LogP contribution in [-0.2, 0) is 11.2 Å². The predicted octanol–water partition coefficient (Wildman–Crippen LogP) is 3.74. The van der Waals surface area contributed by atoms with Crippen molar-refractivity contribution >= 4 is 5.91 Å². The van der Waals surface area contributed by atoms with E-state index in [1.807, 2.05) is 29.2 Å². The minimum absolute atomic E-state index is 0.0568. The van der Waals surface area contributed by atoms with Crippen LogP contribution in [0.1, 0.15) is 30.0 Å². The van der Waals surface area contributed by atoms with Gasteiger partial charge >= 0.3 is 0 Å². The zero-order valence-electron chi connectivity index (χ0n) is 13.2. The second-order valence-electron chi connectivity index (χ2n) is 5.82. The fourth-order valence-corrected chi connectivity index (χ4v) is 3.12. The molecule has 1 amide bonds. The molecule has 3 rings (SSSR count). The van der Waals surface area contributed by atoms with E-state index in [4.69, 9.17) is 4.74 Å². The number of carbonyl (C=O) groups excluding carboxylic acids is 1. The lowest BCUT2D eigenvalue weighted by Gasteiger charge is -2.25. The molecular formula is C19H20FNO2. The van der Waals surface area contributed by atoms with E-state index >= 15 is 0 Å². The van der Waals surface area contributed by atoms with Crippen molar-refractivity contribution < 1.29 is 13.9 Å². The Morgan fingerprint density at radius 1 is 1.17 bits per heavy atom. The van der Waals surface area contributed by atoms with Gasteiger partial charge in [0.05, 0.1) is 19.6 Å². The van der Waals surface area contributed by atoms with Gasteiger partial charge < -0.3 is 9.64 Å². The Bertz CT molecular complexity index is 667. The second kappa shape index (κ2) is 6.82. The highest BCUT2D eigenvalue weighted by Gasteiger charge is 2.29. The van der Waals surface area contributed by atoms with Crippen molar-refractivity contribution in [2.24, 2.45) is 0 Å². The molecule has 0 spiro atoms. The Morgan fingerprint density at radius 3 is 2.52 bits per heavy atom. The molecular weight excluding hydrogens is 293 g/mol. The predicted molar refractivity (Wildman–Crippen MR) is 86.8 cm³/mol. The highest BCUT2D eigenvalue weighted by Crippen LogP contribution is 2.32. The van der Waals surface area contributed by atoms with Crippen LogP contribution in [0.15, 0.2) is 48.5 Å². The summed E-state index contributed by atoms with van der Waals surface area (Å²) in [5, 5.41) is 0. The number of amides is 1. The van der Waals surface area contributed by atoms with E-state index in [0.717, 1.165) is 36.3 Å². The van der Waals surface area contributed by atoms with Gasteiger partial charge in [0, 0.05) is 6.54 Å². The number of nitrogens with zero attached hydrogens (tertiary/aromatic N) is 1. The maximum Gasteiger partial charge on any atom is 0.227 e. The third kappa shape index (κ3) is 3.52. The Kier molecular flexibility index (Phi) is 4.60. The van der Waals surface area contributed by atoms with Crippen LogP contribution in [0.2, 0.25) is 0 Å². The standard InChI is InChI=1S/C19H20FNO2/c1-23-17-10-4-14(5-11-17)13-19(22)21-12-2-3-18(21)15-6-8-16(20)9-7-15/h4-11,18H,2-3,12-13H2,1H3/t18-/m1/s1. The Hall–Kier alpha value is -2.36. The van der Waals surface area contributed by atoms with E-state index in [2.05, 4.69) is 0 Å². The van der Waals surface area contributed by atoms with Gasteiger partial charge in [-0.2, -0.15) is 0 Å². The normalized spacial score (nSPS) is 17.3. The number of likely N-dealkylation sites (tertiary alicyclic amines) is 1. The minimum atomic E-state index is -0.247. The summed E-state index contributed by atoms with van der Waals surface area (Å²) in [6.07, 6.45) is 2.29. The monoisotopic (exact) mass is 313 g/mol. The van der Waals surface area contributed by atoms with Crippen molar-refractivity contribution in [3.8, 4) is 5.75 Å². The number of carbonyl (C=O) groups is 1. The first kappa shape index (κ1) is 15.5. The minimum Gasteiger partial charge on any atom is -0.497 e. The SMILES string of the molecule is COc1ccc(CC(=O)N2CCC[C@@H]2c2ccc(F)cc2)cc1. The summed E-state index contributed by atoms with van der Waals surface area (Å²) >= 11 is 0. The third-order valence-corrected chi connectivity index (χ3v) is 4.34. The van der Waals surface area contributed by atoms with Gasteiger partial charge in [0.25, 0.3) is 0 Å². The van der Waals surface area contributed by atoms with Crippen molar-refractivity contribution in [1.82, 2.24) is 4.90 Å². The lowest BCUT2D eigenvalue weighted by atomic mass is 10.0. The van der Waals surface area contributed by atoms with Gasteiger partial charge in [-0.3, -0.25) is 4.79 Å². The molecule has 2 aromatic carbocycles. The van der Waals surface area contributed by atoms with Crippen molar-refractivity contribution in [1.29, 1.82) is 0 Å². The van der Waals surface area contributed by atoms with Crippen molar-refractivity contribution in [2.45, 2.75) is 25.3 Å². The number of halogens is 1. The maximum absolute atomic E-state index is 13.1. The smallest absolute Gasteiger partial charge is 0.227 e. The molecule has 1 heterocycles. The summed E-state index contributed by atoms with van der Waals surface area (Å²) in [6.45, 7) is 0.761. The number of methoxy groups -OCH3 is 1. The quantitative estimate of drug-likeness (QED) is 0.860. The average molecular weight is 313 g/mol. The zero-order chi connectivity index (χ0) is 16.2. The molecule has 1 aliphatic rings. The molecule has 0 bridgehead atoms. The molecule has 120 valence electrons. The summed E-state index contributed by atoms with van der Waals surface area (Å²) < 4.78 is 18.2. The van der Waals surface area contributed by atoms with E-state index in [1.54, 1.807) is 19.2 Å². The fourth-order valence-electron chi connectivity index (χ4n) is 3.12. The van der Waals surface area contributed by atoms with Crippen molar-refractivity contribution in [3.63, 3.8) is 0 Å². The maximum atomic E-state index is 13.1. The van der Waals surface area contributed by atoms with Crippen LogP contribution in [0.5, 0.6) is 5.75 Å². The molecule has 23 heavy (non-hydrogen) atoms. The molecule has 1 atom stereocenters. The zero-order valence-corrected chi connectivity index (χ0v) is 13.2. The van der Waals surface area contributed by atoms with E-state index in [1.165, 1.54) is 12.1 Å².